The van der Waals surface area contributed by atoms with Gasteiger partial charge in [-0.05, 0) is 5.53 Å². The summed E-state index contributed by atoms with van der Waals surface area (Å²) in [5.74, 6) is 0. The highest BCUT2D eigenvalue weighted by Gasteiger charge is 1.65. The normalized spacial score (nSPS) is 7.33. The summed E-state index contributed by atoms with van der Waals surface area (Å²) in [5, 5.41) is 3.31. The molecular formula is C2H7N3Si. The van der Waals surface area contributed by atoms with E-state index in [0.717, 1.165) is 16.3 Å². The van der Waals surface area contributed by atoms with Gasteiger partial charge in [0.2, 0.25) is 0 Å². The minimum absolute atomic E-state index is 0.683. The highest BCUT2D eigenvalue weighted by Crippen LogP contribution is 1.72. The molecule has 0 bridgehead atoms. The second kappa shape index (κ2) is 4.53. The predicted octanol–water partition coefficient (Wildman–Crippen LogP) is 0.0804. The molecule has 0 saturated heterocycles. The van der Waals surface area contributed by atoms with Crippen LogP contribution in [0.4, 0.5) is 0 Å². The molecule has 0 unspecified atom stereocenters. The van der Waals surface area contributed by atoms with Gasteiger partial charge in [-0.3, -0.25) is 0 Å². The summed E-state index contributed by atoms with van der Waals surface area (Å²) in [6.07, 6.45) is 0. The van der Waals surface area contributed by atoms with Crippen LogP contribution >= 0.6 is 0 Å². The number of hydrogen-bond donors (Lipinski definition) is 0. The van der Waals surface area contributed by atoms with E-state index in [9.17, 15) is 0 Å². The van der Waals surface area contributed by atoms with Crippen LogP contribution in [0.3, 0.4) is 0 Å². The lowest BCUT2D eigenvalue weighted by Crippen LogP contribution is -1.70. The summed E-state index contributed by atoms with van der Waals surface area (Å²) >= 11 is 0. The molecule has 6 heavy (non-hydrogen) atoms. The van der Waals surface area contributed by atoms with E-state index >= 15 is 0 Å². The molecule has 3 nitrogen and oxygen atoms in total. The SMILES string of the molecule is [N-]=[N+]=NCC[SiH3]. The first kappa shape index (κ1) is 5.53. The van der Waals surface area contributed by atoms with E-state index in [1.807, 2.05) is 0 Å². The molecule has 4 heteroatoms. The van der Waals surface area contributed by atoms with Gasteiger partial charge in [0.1, 0.15) is 0 Å². The number of azide groups is 1. The van der Waals surface area contributed by atoms with Crippen LogP contribution in [0.2, 0.25) is 6.04 Å². The summed E-state index contributed by atoms with van der Waals surface area (Å²) in [6.45, 7) is 0.683. The monoisotopic (exact) mass is 101 g/mol. The molecule has 0 aromatic rings. The molecule has 0 amide bonds. The molecule has 0 heterocycles. The van der Waals surface area contributed by atoms with Gasteiger partial charge >= 0.3 is 0 Å². The van der Waals surface area contributed by atoms with Crippen LogP contribution in [0.1, 0.15) is 0 Å². The standard InChI is InChI=1S/C2H7N3Si/c3-5-4-1-2-6/h1-2H2,6H3. The van der Waals surface area contributed by atoms with E-state index in [1.54, 1.807) is 0 Å². The van der Waals surface area contributed by atoms with Crippen molar-refractivity contribution in [1.82, 2.24) is 0 Å². The maximum Gasteiger partial charge on any atom is 0.0226 e. The Morgan fingerprint density at radius 1 is 1.83 bits per heavy atom. The molecule has 0 radical (unpaired) electrons. The van der Waals surface area contributed by atoms with Gasteiger partial charge in [-0.1, -0.05) is 11.2 Å². The van der Waals surface area contributed by atoms with Crippen LogP contribution in [-0.4, -0.2) is 16.8 Å². The van der Waals surface area contributed by atoms with Crippen molar-refractivity contribution in [2.75, 3.05) is 6.54 Å². The van der Waals surface area contributed by atoms with Crippen molar-refractivity contribution >= 4 is 10.2 Å². The van der Waals surface area contributed by atoms with Gasteiger partial charge < -0.3 is 0 Å². The number of nitrogens with zero attached hydrogens (tertiary/aromatic N) is 3. The first-order chi connectivity index (χ1) is 2.91. The molecule has 0 aromatic heterocycles. The summed E-state index contributed by atoms with van der Waals surface area (Å²) < 4.78 is 0. The van der Waals surface area contributed by atoms with Crippen molar-refractivity contribution in [1.29, 1.82) is 0 Å². The number of hydrogen-bond acceptors (Lipinski definition) is 1. The molecule has 0 saturated carbocycles. The zero-order chi connectivity index (χ0) is 4.83. The van der Waals surface area contributed by atoms with E-state index in [2.05, 4.69) is 10.0 Å². The molecule has 0 aliphatic carbocycles. The largest absolute Gasteiger partial charge is 0.0943 e. The van der Waals surface area contributed by atoms with Crippen molar-refractivity contribution in [3.05, 3.63) is 10.4 Å². The minimum Gasteiger partial charge on any atom is -0.0943 e. The van der Waals surface area contributed by atoms with Crippen LogP contribution in [-0.2, 0) is 0 Å². The molecule has 0 aliphatic heterocycles. The first-order valence-corrected chi connectivity index (χ1v) is 3.34. The average molecular weight is 101 g/mol. The minimum atomic E-state index is 0.683. The zero-order valence-electron chi connectivity index (χ0n) is 3.76. The van der Waals surface area contributed by atoms with Gasteiger partial charge in [-0.25, -0.2) is 0 Å². The second-order valence-corrected chi connectivity index (χ2v) is 1.95. The quantitative estimate of drug-likeness (QED) is 0.205. The smallest absolute Gasteiger partial charge is 0.0226 e. The van der Waals surface area contributed by atoms with E-state index in [-0.39, 0.29) is 0 Å². The van der Waals surface area contributed by atoms with Crippen molar-refractivity contribution < 1.29 is 0 Å². The zero-order valence-corrected chi connectivity index (χ0v) is 5.76. The Morgan fingerprint density at radius 2 is 2.50 bits per heavy atom. The fourth-order valence-corrected chi connectivity index (χ4v) is 0.345. The van der Waals surface area contributed by atoms with Crippen molar-refractivity contribution in [2.24, 2.45) is 5.11 Å². The molecule has 0 fully saturated rings. The van der Waals surface area contributed by atoms with Crippen molar-refractivity contribution in [2.45, 2.75) is 6.04 Å². The molecule has 34 valence electrons. The van der Waals surface area contributed by atoms with Crippen molar-refractivity contribution in [3.63, 3.8) is 0 Å². The predicted molar refractivity (Wildman–Crippen MR) is 28.8 cm³/mol. The molecule has 0 aromatic carbocycles. The van der Waals surface area contributed by atoms with E-state index in [1.165, 1.54) is 0 Å². The Labute approximate surface area is 39.4 Å². The lowest BCUT2D eigenvalue weighted by atomic mass is 10.8. The second-order valence-electron chi connectivity index (χ2n) is 0.954. The fraction of sp³-hybridized carbons (Fsp3) is 1.00. The molecule has 0 aliphatic rings. The van der Waals surface area contributed by atoms with Gasteiger partial charge in [-0.2, -0.15) is 0 Å². The average Bonchev–Trinajstić information content (AvgIpc) is 1.61. The van der Waals surface area contributed by atoms with Gasteiger partial charge in [-0.15, -0.1) is 0 Å². The Morgan fingerprint density at radius 3 is 2.67 bits per heavy atom. The fourth-order valence-electron chi connectivity index (χ4n) is 0.145. The highest BCUT2D eigenvalue weighted by molar-refractivity contribution is 6.08. The van der Waals surface area contributed by atoms with E-state index < -0.39 is 0 Å². The Hall–Kier alpha value is -0.473. The Kier molecular flexibility index (Phi) is 4.17. The van der Waals surface area contributed by atoms with Gasteiger partial charge in [0.25, 0.3) is 0 Å². The third kappa shape index (κ3) is 3.53. The molecule has 0 rings (SSSR count). The molecule has 0 N–H and O–H groups in total. The number of rotatable bonds is 2. The van der Waals surface area contributed by atoms with Gasteiger partial charge in [0.15, 0.2) is 0 Å². The third-order valence-electron chi connectivity index (χ3n) is 0.387. The van der Waals surface area contributed by atoms with Crippen LogP contribution in [0.5, 0.6) is 0 Å². The van der Waals surface area contributed by atoms with E-state index in [0.29, 0.717) is 6.54 Å². The first-order valence-electron chi connectivity index (χ1n) is 1.92. The summed E-state index contributed by atoms with van der Waals surface area (Å²) in [5.41, 5.74) is 7.67. The van der Waals surface area contributed by atoms with E-state index in [4.69, 9.17) is 5.53 Å². The summed E-state index contributed by atoms with van der Waals surface area (Å²) in [6, 6.07) is 1.07. The Balaban J connectivity index is 2.86. The highest BCUT2D eigenvalue weighted by atomic mass is 28.1. The molecular weight excluding hydrogens is 94.1 g/mol. The van der Waals surface area contributed by atoms with Crippen LogP contribution in [0, 0.1) is 0 Å². The topological polar surface area (TPSA) is 48.8 Å². The van der Waals surface area contributed by atoms with Crippen LogP contribution in [0.15, 0.2) is 5.11 Å². The Bertz CT molecular complexity index is 65.2. The lowest BCUT2D eigenvalue weighted by molar-refractivity contribution is 1.10. The third-order valence-corrected chi connectivity index (χ3v) is 0.834. The lowest BCUT2D eigenvalue weighted by Gasteiger charge is -1.71. The summed E-state index contributed by atoms with van der Waals surface area (Å²) in [7, 11) is 1.14. The maximum absolute atomic E-state index is 7.67. The van der Waals surface area contributed by atoms with Gasteiger partial charge in [0.05, 0.1) is 0 Å². The van der Waals surface area contributed by atoms with Crippen LogP contribution < -0.4 is 0 Å². The molecule has 0 spiro atoms. The molecule has 0 atom stereocenters. The van der Waals surface area contributed by atoms with Gasteiger partial charge in [0, 0.05) is 21.7 Å². The summed E-state index contributed by atoms with van der Waals surface area (Å²) in [4.78, 5) is 2.57. The van der Waals surface area contributed by atoms with Crippen molar-refractivity contribution in [3.8, 4) is 0 Å². The maximum atomic E-state index is 7.67. The van der Waals surface area contributed by atoms with Crippen LogP contribution in [0.25, 0.3) is 10.4 Å².